The van der Waals surface area contributed by atoms with Crippen molar-refractivity contribution in [2.75, 3.05) is 68.0 Å². The molecule has 332 valence electrons. The van der Waals surface area contributed by atoms with Crippen LogP contribution < -0.4 is 36.0 Å². The van der Waals surface area contributed by atoms with Gasteiger partial charge in [0.1, 0.15) is 11.3 Å². The van der Waals surface area contributed by atoms with E-state index >= 15 is 0 Å². The number of halogens is 1. The molecule has 4 amide bonds. The predicted octanol–water partition coefficient (Wildman–Crippen LogP) is 3.79. The van der Waals surface area contributed by atoms with Gasteiger partial charge in [0, 0.05) is 99.0 Å². The molecule has 2 aromatic heterocycles. The number of pyridine rings is 1. The minimum Gasteiger partial charge on any atom is -0.478 e. The summed E-state index contributed by atoms with van der Waals surface area (Å²) >= 11 is 6.61. The van der Waals surface area contributed by atoms with Gasteiger partial charge in [-0.3, -0.25) is 24.0 Å². The number of piperidine rings is 2. The van der Waals surface area contributed by atoms with Gasteiger partial charge in [-0.05, 0) is 94.0 Å². The number of aliphatic hydroxyl groups is 1. The van der Waals surface area contributed by atoms with Gasteiger partial charge in [-0.25, -0.2) is 4.98 Å². The number of nitrogens with zero attached hydrogens (tertiary/aromatic N) is 7. The highest BCUT2D eigenvalue weighted by Gasteiger charge is 2.46. The molecule has 0 saturated carbocycles. The number of carbonyl (C=O) groups is 4. The van der Waals surface area contributed by atoms with Crippen molar-refractivity contribution in [1.82, 2.24) is 35.0 Å². The van der Waals surface area contributed by atoms with Crippen LogP contribution in [0.1, 0.15) is 74.3 Å². The van der Waals surface area contributed by atoms with E-state index < -0.39 is 12.3 Å². The first-order valence-electron chi connectivity index (χ1n) is 21.8. The Morgan fingerprint density at radius 2 is 1.79 bits per heavy atom. The zero-order valence-electron chi connectivity index (χ0n) is 35.7. The average molecular weight is 881 g/mol. The first-order chi connectivity index (χ1) is 30.3. The van der Waals surface area contributed by atoms with Crippen LogP contribution in [0.5, 0.6) is 5.75 Å². The highest BCUT2D eigenvalue weighted by atomic mass is 35.5. The summed E-state index contributed by atoms with van der Waals surface area (Å²) in [6, 6.07) is 12.6. The summed E-state index contributed by atoms with van der Waals surface area (Å²) in [5.41, 5.74) is 3.74. The number of fused-ring (bicyclic) bond motifs is 2. The van der Waals surface area contributed by atoms with E-state index in [9.17, 15) is 29.1 Å². The zero-order chi connectivity index (χ0) is 44.2. The Morgan fingerprint density at radius 1 is 1.00 bits per heavy atom. The third-order valence-electron chi connectivity index (χ3n) is 13.5. The van der Waals surface area contributed by atoms with Gasteiger partial charge < -0.3 is 50.0 Å². The summed E-state index contributed by atoms with van der Waals surface area (Å²) < 4.78 is 7.25. The lowest BCUT2D eigenvalue weighted by atomic mass is 9.86. The van der Waals surface area contributed by atoms with E-state index in [1.54, 1.807) is 21.7 Å². The molecule has 1 spiro atoms. The molecule has 4 saturated heterocycles. The van der Waals surface area contributed by atoms with E-state index in [1.807, 2.05) is 44.2 Å². The summed E-state index contributed by atoms with van der Waals surface area (Å²) in [4.78, 5) is 81.7. The fourth-order valence-corrected chi connectivity index (χ4v) is 10.2. The molecule has 5 aliphatic rings. The number of benzene rings is 2. The number of rotatable bonds is 10. The minimum atomic E-state index is -1.07. The monoisotopic (exact) mass is 880 g/mol. The van der Waals surface area contributed by atoms with Crippen molar-refractivity contribution in [2.24, 2.45) is 11.3 Å². The maximum Gasteiger partial charge on any atom is 0.293 e. The molecular formula is C45H53ClN10O7. The smallest absolute Gasteiger partial charge is 0.293 e. The van der Waals surface area contributed by atoms with Crippen LogP contribution in [0.4, 0.5) is 23.1 Å². The highest BCUT2D eigenvalue weighted by molar-refractivity contribution is 6.33. The van der Waals surface area contributed by atoms with E-state index in [2.05, 4.69) is 41.7 Å². The Kier molecular flexibility index (Phi) is 11.4. The molecule has 2 aromatic carbocycles. The molecule has 4 aromatic rings. The molecular weight excluding hydrogens is 828 g/mol. The number of carbonyl (C=O) groups excluding carboxylic acids is 4. The standard InChI is InChI=1S/C45H53ClN10O7/c1-26(2)56-34-7-4-30(18-28(34)20-36(43(56)62)63-23-38(58)47-3)49-39-33(46)21-48-44(51-39)52-14-10-27(11-15-52)41(60)54-17-13-45(25-54)12-16-53(24-45)31-5-6-32-29(19-31)22-55(42(32)61)35-8-9-37(57)50-40(35)59/h4-7,18-21,26-27,35,40,59H,8-17,22-25H2,1-3H3,(H,47,58)(H,50,57)(H,48,49,51). The molecule has 5 aliphatic heterocycles. The van der Waals surface area contributed by atoms with Gasteiger partial charge >= 0.3 is 0 Å². The topological polar surface area (TPSA) is 195 Å². The van der Waals surface area contributed by atoms with Gasteiger partial charge in [-0.1, -0.05) is 11.6 Å². The molecule has 17 nitrogen and oxygen atoms in total. The van der Waals surface area contributed by atoms with Crippen molar-refractivity contribution < 1.29 is 29.0 Å². The Balaban J connectivity index is 0.803. The largest absolute Gasteiger partial charge is 0.478 e. The molecule has 0 bridgehead atoms. The maximum atomic E-state index is 14.0. The van der Waals surface area contributed by atoms with Crippen LogP contribution in [-0.2, 0) is 20.9 Å². The Bertz CT molecular complexity index is 2540. The van der Waals surface area contributed by atoms with Crippen LogP contribution in [-0.4, -0.2) is 118 Å². The van der Waals surface area contributed by atoms with Crippen molar-refractivity contribution in [2.45, 2.75) is 77.2 Å². The number of aliphatic hydroxyl groups excluding tert-OH is 1. The number of aromatic nitrogens is 3. The van der Waals surface area contributed by atoms with Gasteiger partial charge in [0.05, 0.1) is 17.8 Å². The van der Waals surface area contributed by atoms with Crippen LogP contribution in [0, 0.1) is 11.3 Å². The van der Waals surface area contributed by atoms with Gasteiger partial charge in [0.2, 0.25) is 17.8 Å². The second-order valence-corrected chi connectivity index (χ2v) is 18.2. The van der Waals surface area contributed by atoms with Crippen LogP contribution in [0.25, 0.3) is 10.9 Å². The molecule has 9 rings (SSSR count). The van der Waals surface area contributed by atoms with Crippen LogP contribution in [0.15, 0.2) is 53.5 Å². The van der Waals surface area contributed by atoms with Crippen molar-refractivity contribution >= 4 is 69.3 Å². The van der Waals surface area contributed by atoms with Crippen molar-refractivity contribution in [3.05, 3.63) is 75.2 Å². The van der Waals surface area contributed by atoms with E-state index in [1.165, 1.54) is 7.05 Å². The number of amides is 4. The second kappa shape index (κ2) is 17.0. The number of likely N-dealkylation sites (tertiary alicyclic amines) is 1. The predicted molar refractivity (Wildman–Crippen MR) is 237 cm³/mol. The Labute approximate surface area is 369 Å². The molecule has 63 heavy (non-hydrogen) atoms. The summed E-state index contributed by atoms with van der Waals surface area (Å²) in [5.74, 6) is 0.479. The summed E-state index contributed by atoms with van der Waals surface area (Å²) in [6.45, 7) is 8.39. The Morgan fingerprint density at radius 3 is 2.56 bits per heavy atom. The van der Waals surface area contributed by atoms with Crippen molar-refractivity contribution in [3.63, 3.8) is 0 Å². The second-order valence-electron chi connectivity index (χ2n) is 17.8. The summed E-state index contributed by atoms with van der Waals surface area (Å²) in [6.07, 6.45) is 4.52. The first kappa shape index (κ1) is 42.4. The lowest BCUT2D eigenvalue weighted by molar-refractivity contribution is -0.135. The fourth-order valence-electron chi connectivity index (χ4n) is 10.1. The highest BCUT2D eigenvalue weighted by Crippen LogP contribution is 2.43. The third-order valence-corrected chi connectivity index (χ3v) is 13.8. The van der Waals surface area contributed by atoms with Crippen molar-refractivity contribution in [3.8, 4) is 5.75 Å². The molecule has 4 fully saturated rings. The minimum absolute atomic E-state index is 0.0185. The number of likely N-dealkylation sites (N-methyl/N-ethyl adjacent to an activating group) is 1. The van der Waals surface area contributed by atoms with Gasteiger partial charge in [-0.15, -0.1) is 0 Å². The van der Waals surface area contributed by atoms with Gasteiger partial charge in [0.15, 0.2) is 18.2 Å². The fraction of sp³-hybridized carbons (Fsp3) is 0.489. The average Bonchev–Trinajstić information content (AvgIpc) is 3.99. The SMILES string of the molecule is CNC(=O)COc1cc2cc(Nc3nc(N4CCC(C(=O)N5CCC6(CCN(c7ccc8c(c7)CN(C7CCC(=O)NC7O)C8=O)C6)C5)CC4)ncc3Cl)ccc2n(C(C)C)c1=O. The summed E-state index contributed by atoms with van der Waals surface area (Å²) in [7, 11) is 1.51. The lowest BCUT2D eigenvalue weighted by Gasteiger charge is -2.35. The van der Waals surface area contributed by atoms with Crippen LogP contribution in [0.2, 0.25) is 5.02 Å². The molecule has 7 heterocycles. The lowest BCUT2D eigenvalue weighted by Crippen LogP contribution is -2.55. The Hall–Kier alpha value is -5.94. The molecule has 3 atom stereocenters. The van der Waals surface area contributed by atoms with E-state index in [0.29, 0.717) is 72.5 Å². The molecule has 0 aliphatic carbocycles. The number of nitrogens with one attached hydrogen (secondary N) is 3. The van der Waals surface area contributed by atoms with Gasteiger partial charge in [0.25, 0.3) is 17.4 Å². The molecule has 0 radical (unpaired) electrons. The maximum absolute atomic E-state index is 14.0. The molecule has 18 heteroatoms. The number of ether oxygens (including phenoxy) is 1. The van der Waals surface area contributed by atoms with Gasteiger partial charge in [-0.2, -0.15) is 4.98 Å². The summed E-state index contributed by atoms with van der Waals surface area (Å²) in [5, 5.41) is 19.9. The number of anilines is 4. The number of hydrogen-bond donors (Lipinski definition) is 4. The van der Waals surface area contributed by atoms with Crippen LogP contribution >= 0.6 is 11.6 Å². The van der Waals surface area contributed by atoms with E-state index in [-0.39, 0.29) is 65.3 Å². The first-order valence-corrected chi connectivity index (χ1v) is 22.2. The normalized spacial score (nSPS) is 22.6. The third kappa shape index (κ3) is 8.23. The zero-order valence-corrected chi connectivity index (χ0v) is 36.5. The molecule has 4 N–H and O–H groups in total. The number of hydrogen-bond acceptors (Lipinski definition) is 12. The quantitative estimate of drug-likeness (QED) is 0.180. The van der Waals surface area contributed by atoms with Crippen LogP contribution in [0.3, 0.4) is 0 Å². The molecule has 3 unspecified atom stereocenters. The van der Waals surface area contributed by atoms with Crippen molar-refractivity contribution in [1.29, 1.82) is 0 Å². The van der Waals surface area contributed by atoms with E-state index in [0.717, 1.165) is 55.7 Å². The van der Waals surface area contributed by atoms with E-state index in [4.69, 9.17) is 21.3 Å².